The standard InChI is InChI=1S/C16H13ClO2/c1-19-15-7-3-5-13(11-15)16(18)9-8-12-4-2-6-14(17)10-12/h2-11H,1H3. The van der Waals surface area contributed by atoms with E-state index in [1.807, 2.05) is 12.1 Å². The summed E-state index contributed by atoms with van der Waals surface area (Å²) in [5.74, 6) is 0.598. The fraction of sp³-hybridized carbons (Fsp3) is 0.0625. The highest BCUT2D eigenvalue weighted by atomic mass is 35.5. The number of carbonyl (C=O) groups excluding carboxylic acids is 1. The van der Waals surface area contributed by atoms with Crippen LogP contribution in [-0.4, -0.2) is 12.9 Å². The van der Waals surface area contributed by atoms with E-state index in [0.717, 1.165) is 5.56 Å². The van der Waals surface area contributed by atoms with Crippen LogP contribution in [0.2, 0.25) is 5.02 Å². The van der Waals surface area contributed by atoms with Crippen LogP contribution in [0.25, 0.3) is 6.08 Å². The van der Waals surface area contributed by atoms with Gasteiger partial charge in [0.05, 0.1) is 7.11 Å². The first-order valence-electron chi connectivity index (χ1n) is 5.81. The fourth-order valence-electron chi connectivity index (χ4n) is 1.65. The van der Waals surface area contributed by atoms with Crippen LogP contribution in [0, 0.1) is 0 Å². The highest BCUT2D eigenvalue weighted by Gasteiger charge is 2.02. The first kappa shape index (κ1) is 13.4. The van der Waals surface area contributed by atoms with E-state index < -0.39 is 0 Å². The molecule has 0 saturated heterocycles. The molecular weight excluding hydrogens is 260 g/mol. The van der Waals surface area contributed by atoms with Crippen molar-refractivity contribution in [2.24, 2.45) is 0 Å². The Labute approximate surface area is 117 Å². The molecule has 0 atom stereocenters. The maximum Gasteiger partial charge on any atom is 0.185 e. The van der Waals surface area contributed by atoms with Crippen molar-refractivity contribution in [3.8, 4) is 5.75 Å². The number of allylic oxidation sites excluding steroid dienone is 1. The van der Waals surface area contributed by atoms with Crippen molar-refractivity contribution in [2.45, 2.75) is 0 Å². The number of ether oxygens (including phenoxy) is 1. The molecule has 2 nitrogen and oxygen atoms in total. The van der Waals surface area contributed by atoms with E-state index in [1.54, 1.807) is 49.6 Å². The fourth-order valence-corrected chi connectivity index (χ4v) is 1.85. The van der Waals surface area contributed by atoms with E-state index in [1.165, 1.54) is 6.08 Å². The average molecular weight is 273 g/mol. The number of carbonyl (C=O) groups is 1. The molecule has 2 aromatic carbocycles. The molecule has 0 aliphatic rings. The smallest absolute Gasteiger partial charge is 0.185 e. The van der Waals surface area contributed by atoms with Crippen LogP contribution in [0.1, 0.15) is 15.9 Å². The van der Waals surface area contributed by atoms with Gasteiger partial charge in [-0.25, -0.2) is 0 Å². The van der Waals surface area contributed by atoms with Gasteiger partial charge in [0.25, 0.3) is 0 Å². The molecule has 0 aliphatic carbocycles. The number of rotatable bonds is 4. The lowest BCUT2D eigenvalue weighted by Gasteiger charge is -2.01. The lowest BCUT2D eigenvalue weighted by Crippen LogP contribution is -1.94. The van der Waals surface area contributed by atoms with Gasteiger partial charge in [0.15, 0.2) is 5.78 Å². The summed E-state index contributed by atoms with van der Waals surface area (Å²) in [4.78, 5) is 12.0. The van der Waals surface area contributed by atoms with Crippen LogP contribution in [0.3, 0.4) is 0 Å². The van der Waals surface area contributed by atoms with Gasteiger partial charge in [0, 0.05) is 10.6 Å². The van der Waals surface area contributed by atoms with Gasteiger partial charge in [-0.1, -0.05) is 41.9 Å². The molecule has 0 radical (unpaired) electrons. The Morgan fingerprint density at radius 1 is 1.16 bits per heavy atom. The number of benzene rings is 2. The molecule has 2 rings (SSSR count). The molecule has 0 aromatic heterocycles. The summed E-state index contributed by atoms with van der Waals surface area (Å²) in [5.41, 5.74) is 1.49. The topological polar surface area (TPSA) is 26.3 Å². The van der Waals surface area contributed by atoms with Crippen molar-refractivity contribution in [3.05, 3.63) is 70.8 Å². The minimum atomic E-state index is -0.0705. The lowest BCUT2D eigenvalue weighted by molar-refractivity contribution is 0.104. The molecule has 3 heteroatoms. The average Bonchev–Trinajstić information content (AvgIpc) is 2.45. The summed E-state index contributed by atoms with van der Waals surface area (Å²) in [7, 11) is 1.57. The Kier molecular flexibility index (Phi) is 4.37. The van der Waals surface area contributed by atoms with Crippen molar-refractivity contribution in [1.29, 1.82) is 0 Å². The first-order chi connectivity index (χ1) is 9.19. The summed E-state index contributed by atoms with van der Waals surface area (Å²) in [5, 5.41) is 0.649. The maximum absolute atomic E-state index is 12.0. The molecule has 2 aromatic rings. The van der Waals surface area contributed by atoms with Gasteiger partial charge in [-0.2, -0.15) is 0 Å². The van der Waals surface area contributed by atoms with Crippen LogP contribution in [0.4, 0.5) is 0 Å². The molecule has 96 valence electrons. The summed E-state index contributed by atoms with van der Waals surface area (Å²) < 4.78 is 5.09. The van der Waals surface area contributed by atoms with Crippen molar-refractivity contribution < 1.29 is 9.53 Å². The SMILES string of the molecule is COc1cccc(C(=O)C=Cc2cccc(Cl)c2)c1. The quantitative estimate of drug-likeness (QED) is 0.614. The summed E-state index contributed by atoms with van der Waals surface area (Å²) in [6.07, 6.45) is 3.27. The molecule has 0 N–H and O–H groups in total. The minimum absolute atomic E-state index is 0.0705. The third kappa shape index (κ3) is 3.70. The van der Waals surface area contributed by atoms with E-state index in [4.69, 9.17) is 16.3 Å². The molecule has 0 amide bonds. The van der Waals surface area contributed by atoms with Crippen LogP contribution < -0.4 is 4.74 Å². The van der Waals surface area contributed by atoms with E-state index in [0.29, 0.717) is 16.3 Å². The Hall–Kier alpha value is -2.06. The number of ketones is 1. The van der Waals surface area contributed by atoms with Crippen LogP contribution >= 0.6 is 11.6 Å². The number of methoxy groups -OCH3 is 1. The Balaban J connectivity index is 2.16. The Morgan fingerprint density at radius 2 is 1.95 bits per heavy atom. The molecule has 0 bridgehead atoms. The van der Waals surface area contributed by atoms with Gasteiger partial charge in [-0.3, -0.25) is 4.79 Å². The molecule has 0 unspecified atom stereocenters. The predicted molar refractivity (Wildman–Crippen MR) is 77.8 cm³/mol. The highest BCUT2D eigenvalue weighted by Crippen LogP contribution is 2.15. The van der Waals surface area contributed by atoms with Crippen molar-refractivity contribution in [3.63, 3.8) is 0 Å². The monoisotopic (exact) mass is 272 g/mol. The van der Waals surface area contributed by atoms with Gasteiger partial charge >= 0.3 is 0 Å². The second kappa shape index (κ2) is 6.21. The van der Waals surface area contributed by atoms with Crippen molar-refractivity contribution in [2.75, 3.05) is 7.11 Å². The highest BCUT2D eigenvalue weighted by molar-refractivity contribution is 6.30. The van der Waals surface area contributed by atoms with Gasteiger partial charge in [0.1, 0.15) is 5.75 Å². The van der Waals surface area contributed by atoms with Crippen molar-refractivity contribution >= 4 is 23.5 Å². The molecule has 0 spiro atoms. The summed E-state index contributed by atoms with van der Waals surface area (Å²) in [6.45, 7) is 0. The zero-order valence-corrected chi connectivity index (χ0v) is 11.2. The van der Waals surface area contributed by atoms with Gasteiger partial charge in [-0.15, -0.1) is 0 Å². The van der Waals surface area contributed by atoms with Crippen LogP contribution in [0.15, 0.2) is 54.6 Å². The van der Waals surface area contributed by atoms with Gasteiger partial charge < -0.3 is 4.74 Å². The number of hydrogen-bond donors (Lipinski definition) is 0. The number of halogens is 1. The third-order valence-corrected chi connectivity index (χ3v) is 2.87. The third-order valence-electron chi connectivity index (χ3n) is 2.63. The largest absolute Gasteiger partial charge is 0.497 e. The summed E-state index contributed by atoms with van der Waals surface area (Å²) >= 11 is 5.88. The second-order valence-electron chi connectivity index (χ2n) is 3.98. The van der Waals surface area contributed by atoms with E-state index in [2.05, 4.69) is 0 Å². The second-order valence-corrected chi connectivity index (χ2v) is 4.42. The van der Waals surface area contributed by atoms with E-state index in [-0.39, 0.29) is 5.78 Å². The Morgan fingerprint density at radius 3 is 2.68 bits per heavy atom. The number of hydrogen-bond acceptors (Lipinski definition) is 2. The normalized spacial score (nSPS) is 10.6. The lowest BCUT2D eigenvalue weighted by atomic mass is 10.1. The molecule has 0 aliphatic heterocycles. The van der Waals surface area contributed by atoms with E-state index >= 15 is 0 Å². The molecular formula is C16H13ClO2. The molecule has 19 heavy (non-hydrogen) atoms. The molecule has 0 heterocycles. The minimum Gasteiger partial charge on any atom is -0.497 e. The maximum atomic E-state index is 12.0. The zero-order chi connectivity index (χ0) is 13.7. The van der Waals surface area contributed by atoms with Crippen molar-refractivity contribution in [1.82, 2.24) is 0 Å². The van der Waals surface area contributed by atoms with Gasteiger partial charge in [-0.05, 0) is 35.9 Å². The predicted octanol–water partition coefficient (Wildman–Crippen LogP) is 4.24. The van der Waals surface area contributed by atoms with E-state index in [9.17, 15) is 4.79 Å². The molecule has 0 saturated carbocycles. The Bertz CT molecular complexity index is 618. The van der Waals surface area contributed by atoms with Gasteiger partial charge in [0.2, 0.25) is 0 Å². The van der Waals surface area contributed by atoms with Crippen LogP contribution in [0.5, 0.6) is 5.75 Å². The molecule has 0 fully saturated rings. The van der Waals surface area contributed by atoms with Crippen LogP contribution in [-0.2, 0) is 0 Å². The first-order valence-corrected chi connectivity index (χ1v) is 6.19. The summed E-state index contributed by atoms with van der Waals surface area (Å²) in [6, 6.07) is 14.4. The zero-order valence-electron chi connectivity index (χ0n) is 10.5.